The van der Waals surface area contributed by atoms with E-state index in [-0.39, 0.29) is 21.7 Å². The fourth-order valence-corrected chi connectivity index (χ4v) is 11.9. The van der Waals surface area contributed by atoms with Gasteiger partial charge in [0.25, 0.3) is 0 Å². The molecule has 0 aromatic heterocycles. The second kappa shape index (κ2) is 20.4. The molecule has 0 heterocycles. The average Bonchev–Trinajstić information content (AvgIpc) is 3.00. The Morgan fingerprint density at radius 3 is 0.726 bits per heavy atom. The molecule has 2 aromatic carbocycles. The van der Waals surface area contributed by atoms with Crippen LogP contribution in [0.3, 0.4) is 0 Å². The van der Waals surface area contributed by atoms with Gasteiger partial charge < -0.3 is 40.0 Å². The van der Waals surface area contributed by atoms with Gasteiger partial charge in [-0.1, -0.05) is 174 Å². The summed E-state index contributed by atoms with van der Waals surface area (Å²) in [6.07, 6.45) is 3.31. The molecule has 0 amide bonds. The van der Waals surface area contributed by atoms with E-state index < -0.39 is 69.7 Å². The van der Waals surface area contributed by atoms with Crippen LogP contribution in [0, 0.1) is 40.9 Å². The third-order valence-corrected chi connectivity index (χ3v) is 13.1. The summed E-state index contributed by atoms with van der Waals surface area (Å²) in [5.41, 5.74) is 1.91. The van der Waals surface area contributed by atoms with Crippen LogP contribution in [-0.4, -0.2) is 59.8 Å². The molecule has 0 unspecified atom stereocenters. The zero-order chi connectivity index (χ0) is 49.3. The maximum absolute atomic E-state index is 14.9. The van der Waals surface area contributed by atoms with Gasteiger partial charge in [0.15, 0.2) is 0 Å². The Morgan fingerprint density at radius 1 is 0.403 bits per heavy atom. The summed E-state index contributed by atoms with van der Waals surface area (Å²) in [5, 5.41) is 50.3. The third kappa shape index (κ3) is 15.5. The van der Waals surface area contributed by atoms with Gasteiger partial charge in [0.1, 0.15) is 5.60 Å². The summed E-state index contributed by atoms with van der Waals surface area (Å²) in [4.78, 5) is 31.3. The van der Waals surface area contributed by atoms with Crippen molar-refractivity contribution in [2.75, 3.05) is 19.8 Å². The van der Waals surface area contributed by atoms with Gasteiger partial charge in [0.05, 0.1) is 25.2 Å². The van der Waals surface area contributed by atoms with E-state index in [4.69, 9.17) is 19.6 Å². The standard InChI is InChI=1S/C51H88O4.H4O5P2/c1-34-23-36(46(15,16)27-42(3,4)5)40(37(24-34)47(17,18)28-43(6,7)8)51(55,50(31-52,32-53)33-54)41-38(48(19,20)29-44(9,10)11)25-35(2)26-39(41)49(21,22)30-45(12,13)14;1-6(2)5-7(3)4/h23-26,52-55H,27-33H2,1-22H3;1-4H. The largest absolute Gasteiger partial charge is 0.395 e. The highest BCUT2D eigenvalue weighted by Gasteiger charge is 2.59. The van der Waals surface area contributed by atoms with Gasteiger partial charge in [-0.3, -0.25) is 0 Å². The third-order valence-electron chi connectivity index (χ3n) is 11.9. The summed E-state index contributed by atoms with van der Waals surface area (Å²) in [7, 11) is -5.22. The minimum Gasteiger partial charge on any atom is -0.395 e. The minimum absolute atomic E-state index is 0.0463. The van der Waals surface area contributed by atoms with Crippen molar-refractivity contribution >= 4 is 17.2 Å². The quantitative estimate of drug-likeness (QED) is 0.0764. The van der Waals surface area contributed by atoms with Crippen LogP contribution in [0.5, 0.6) is 0 Å². The topological polar surface area (TPSA) is 171 Å². The van der Waals surface area contributed by atoms with E-state index in [2.05, 4.69) is 181 Å². The van der Waals surface area contributed by atoms with Crippen molar-refractivity contribution in [3.05, 3.63) is 68.8 Å². The molecule has 0 saturated carbocycles. The smallest absolute Gasteiger partial charge is 0.334 e. The number of aliphatic hydroxyl groups excluding tert-OH is 3. The Hall–Kier alpha value is -1.06. The summed E-state index contributed by atoms with van der Waals surface area (Å²) < 4.78 is 3.60. The van der Waals surface area contributed by atoms with Crippen molar-refractivity contribution in [2.24, 2.45) is 27.1 Å². The lowest BCUT2D eigenvalue weighted by Gasteiger charge is -2.53. The number of aryl methyl sites for hydroxylation is 2. The molecule has 0 saturated heterocycles. The number of hydrogen-bond acceptors (Lipinski definition) is 9. The van der Waals surface area contributed by atoms with Crippen LogP contribution < -0.4 is 0 Å². The Morgan fingerprint density at radius 2 is 0.597 bits per heavy atom. The molecule has 0 radical (unpaired) electrons. The van der Waals surface area contributed by atoms with Crippen molar-refractivity contribution in [3.8, 4) is 0 Å². The van der Waals surface area contributed by atoms with E-state index in [9.17, 15) is 20.4 Å². The molecule has 9 nitrogen and oxygen atoms in total. The first kappa shape index (κ1) is 59.0. The average molecular weight is 911 g/mol. The highest BCUT2D eigenvalue weighted by molar-refractivity contribution is 7.53. The van der Waals surface area contributed by atoms with Gasteiger partial charge in [-0.2, -0.15) is 0 Å². The zero-order valence-corrected chi connectivity index (χ0v) is 44.9. The SMILES string of the molecule is Cc1cc(C(C)(C)CC(C)(C)C)c(C(O)(c2c(C(C)(C)CC(C)(C)C)cc(C)cc2C(C)(C)CC(C)(C)C)C(CO)(CO)CO)c(C(C)(C)CC(C)(C)C)c1.OP(O)OP(O)O. The van der Waals surface area contributed by atoms with Crippen molar-refractivity contribution in [3.63, 3.8) is 0 Å². The summed E-state index contributed by atoms with van der Waals surface area (Å²) in [6.45, 7) is 47.8. The predicted molar refractivity (Wildman–Crippen MR) is 261 cm³/mol. The lowest BCUT2D eigenvalue weighted by Crippen LogP contribution is -2.57. The first-order valence-electron chi connectivity index (χ1n) is 22.3. The monoisotopic (exact) mass is 911 g/mol. The van der Waals surface area contributed by atoms with E-state index in [0.29, 0.717) is 0 Å². The van der Waals surface area contributed by atoms with Gasteiger partial charge in [0, 0.05) is 0 Å². The molecule has 0 fully saturated rings. The molecule has 62 heavy (non-hydrogen) atoms. The molecular weight excluding hydrogens is 819 g/mol. The van der Waals surface area contributed by atoms with Crippen molar-refractivity contribution in [1.82, 2.24) is 0 Å². The van der Waals surface area contributed by atoms with Gasteiger partial charge in [-0.15, -0.1) is 0 Å². The Labute approximate surface area is 381 Å². The van der Waals surface area contributed by atoms with Crippen molar-refractivity contribution < 1.29 is 44.3 Å². The molecule has 11 heteroatoms. The van der Waals surface area contributed by atoms with Crippen LogP contribution in [-0.2, 0) is 31.6 Å². The number of aliphatic hydroxyl groups is 4. The Kier molecular flexibility index (Phi) is 19.4. The molecular formula is C51H92O9P2. The predicted octanol–water partition coefficient (Wildman–Crippen LogP) is 11.8. The number of rotatable bonds is 16. The van der Waals surface area contributed by atoms with Gasteiger partial charge in [-0.25, -0.2) is 4.31 Å². The van der Waals surface area contributed by atoms with Crippen LogP contribution in [0.4, 0.5) is 0 Å². The van der Waals surface area contributed by atoms with E-state index in [1.165, 1.54) is 0 Å². The Balaban J connectivity index is 0.00000251. The lowest BCUT2D eigenvalue weighted by atomic mass is 9.54. The second-order valence-corrected chi connectivity index (χ2v) is 27.7. The summed E-state index contributed by atoms with van der Waals surface area (Å²) >= 11 is 0. The highest BCUT2D eigenvalue weighted by Crippen LogP contribution is 2.58. The molecule has 2 rings (SSSR count). The molecule has 0 aliphatic rings. The molecule has 0 bridgehead atoms. The van der Waals surface area contributed by atoms with Crippen molar-refractivity contribution in [2.45, 2.75) is 205 Å². The lowest BCUT2D eigenvalue weighted by molar-refractivity contribution is -0.139. The molecule has 0 aliphatic heterocycles. The number of hydrogen-bond donors (Lipinski definition) is 8. The Bertz CT molecular complexity index is 1540. The minimum atomic E-state index is -2.61. The summed E-state index contributed by atoms with van der Waals surface area (Å²) in [5.74, 6) is 0. The van der Waals surface area contributed by atoms with Crippen LogP contribution in [0.25, 0.3) is 0 Å². The van der Waals surface area contributed by atoms with Crippen LogP contribution in [0.15, 0.2) is 24.3 Å². The molecule has 0 aliphatic carbocycles. The van der Waals surface area contributed by atoms with E-state index in [1.807, 2.05) is 0 Å². The fourth-order valence-electron chi connectivity index (χ4n) is 11.4. The zero-order valence-electron chi connectivity index (χ0n) is 43.1. The van der Waals surface area contributed by atoms with Crippen LogP contribution in [0.2, 0.25) is 0 Å². The van der Waals surface area contributed by atoms with Crippen LogP contribution >= 0.6 is 17.2 Å². The first-order chi connectivity index (χ1) is 27.4. The van der Waals surface area contributed by atoms with Gasteiger partial charge in [0.2, 0.25) is 0 Å². The number of benzene rings is 2. The maximum atomic E-state index is 14.9. The molecule has 2 aromatic rings. The fraction of sp³-hybridized carbons (Fsp3) is 0.765. The summed E-state index contributed by atoms with van der Waals surface area (Å²) in [6, 6.07) is 8.98. The van der Waals surface area contributed by atoms with E-state index in [0.717, 1.165) is 70.2 Å². The first-order valence-corrected chi connectivity index (χ1v) is 24.6. The molecule has 360 valence electrons. The normalized spacial score (nSPS) is 14.5. The maximum Gasteiger partial charge on any atom is 0.334 e. The molecule has 8 N–H and O–H groups in total. The van der Waals surface area contributed by atoms with E-state index >= 15 is 0 Å². The molecule has 0 atom stereocenters. The highest BCUT2D eigenvalue weighted by atomic mass is 31.2. The van der Waals surface area contributed by atoms with E-state index in [1.54, 1.807) is 0 Å². The van der Waals surface area contributed by atoms with Gasteiger partial charge >= 0.3 is 17.2 Å². The van der Waals surface area contributed by atoms with Gasteiger partial charge in [-0.05, 0) is 116 Å². The van der Waals surface area contributed by atoms with Crippen molar-refractivity contribution in [1.29, 1.82) is 0 Å². The second-order valence-electron chi connectivity index (χ2n) is 26.0. The van der Waals surface area contributed by atoms with Crippen LogP contribution in [0.1, 0.15) is 209 Å². The molecule has 0 spiro atoms.